The van der Waals surface area contributed by atoms with Crippen LogP contribution in [0.5, 0.6) is 0 Å². The Morgan fingerprint density at radius 3 is 2.73 bits per heavy atom. The van der Waals surface area contributed by atoms with E-state index in [0.29, 0.717) is 24.5 Å². The Labute approximate surface area is 130 Å². The number of carboxylic acid groups (broad SMARTS) is 1. The first-order valence-electron chi connectivity index (χ1n) is 6.87. The molecule has 116 valence electrons. The van der Waals surface area contributed by atoms with Crippen LogP contribution in [-0.4, -0.2) is 33.5 Å². The van der Waals surface area contributed by atoms with Crippen molar-refractivity contribution in [3.63, 3.8) is 0 Å². The number of fused-ring (bicyclic) bond motifs is 1. The van der Waals surface area contributed by atoms with E-state index in [4.69, 9.17) is 5.11 Å². The summed E-state index contributed by atoms with van der Waals surface area (Å²) in [4.78, 5) is 18.1. The van der Waals surface area contributed by atoms with E-state index in [-0.39, 0.29) is 5.56 Å². The number of halogens is 2. The molecule has 7 heteroatoms. The number of hydrogen-bond acceptors (Lipinski definition) is 4. The van der Waals surface area contributed by atoms with Crippen molar-refractivity contribution in [3.8, 4) is 10.6 Å². The van der Waals surface area contributed by atoms with Crippen molar-refractivity contribution in [2.24, 2.45) is 0 Å². The van der Waals surface area contributed by atoms with Crippen molar-refractivity contribution in [3.05, 3.63) is 40.4 Å². The Balaban J connectivity index is 1.93. The fourth-order valence-corrected chi connectivity index (χ4v) is 3.69. The molecule has 1 atom stereocenters. The van der Waals surface area contributed by atoms with Gasteiger partial charge in [-0.3, -0.25) is 9.69 Å². The topological polar surface area (TPSA) is 53.4 Å². The van der Waals surface area contributed by atoms with Gasteiger partial charge in [0, 0.05) is 24.4 Å². The van der Waals surface area contributed by atoms with Crippen LogP contribution in [0.3, 0.4) is 0 Å². The molecule has 3 rings (SSSR count). The van der Waals surface area contributed by atoms with E-state index in [1.165, 1.54) is 29.5 Å². The summed E-state index contributed by atoms with van der Waals surface area (Å²) in [7, 11) is 0. The molecule has 0 aliphatic carbocycles. The normalized spacial score (nSPS) is 16.3. The average molecular weight is 324 g/mol. The second-order valence-electron chi connectivity index (χ2n) is 5.22. The Morgan fingerprint density at radius 1 is 1.41 bits per heavy atom. The number of carboxylic acids is 1. The summed E-state index contributed by atoms with van der Waals surface area (Å²) in [5, 5.41) is 9.40. The monoisotopic (exact) mass is 324 g/mol. The molecule has 1 aliphatic heterocycles. The van der Waals surface area contributed by atoms with Crippen molar-refractivity contribution in [1.82, 2.24) is 9.88 Å². The van der Waals surface area contributed by atoms with E-state index in [2.05, 4.69) is 4.98 Å². The predicted molar refractivity (Wildman–Crippen MR) is 78.7 cm³/mol. The van der Waals surface area contributed by atoms with Crippen molar-refractivity contribution >= 4 is 17.3 Å². The number of nitrogens with zero attached hydrogens (tertiary/aromatic N) is 2. The van der Waals surface area contributed by atoms with E-state index < -0.39 is 23.6 Å². The fourth-order valence-electron chi connectivity index (χ4n) is 2.51. The lowest BCUT2D eigenvalue weighted by Gasteiger charge is -2.28. The number of thiazole rings is 1. The minimum absolute atomic E-state index is 0.111. The van der Waals surface area contributed by atoms with Crippen LogP contribution >= 0.6 is 11.3 Å². The number of carbonyl (C=O) groups is 1. The van der Waals surface area contributed by atoms with Crippen LogP contribution in [0.4, 0.5) is 8.78 Å². The molecule has 0 fully saturated rings. The Bertz CT molecular complexity index is 712. The number of aromatic nitrogens is 1. The molecule has 0 radical (unpaired) electrons. The third kappa shape index (κ3) is 2.62. The molecular formula is C15H14F2N2O2S. The third-order valence-corrected chi connectivity index (χ3v) is 4.94. The molecule has 0 spiro atoms. The molecule has 1 unspecified atom stereocenters. The molecule has 0 saturated carbocycles. The summed E-state index contributed by atoms with van der Waals surface area (Å²) < 4.78 is 27.7. The molecule has 2 heterocycles. The van der Waals surface area contributed by atoms with Gasteiger partial charge in [0.1, 0.15) is 22.7 Å². The van der Waals surface area contributed by atoms with Gasteiger partial charge in [0.25, 0.3) is 0 Å². The highest BCUT2D eigenvalue weighted by Crippen LogP contribution is 2.34. The van der Waals surface area contributed by atoms with Crippen molar-refractivity contribution in [2.75, 3.05) is 6.54 Å². The van der Waals surface area contributed by atoms with E-state index in [9.17, 15) is 13.6 Å². The highest BCUT2D eigenvalue weighted by Gasteiger charge is 2.28. The second kappa shape index (κ2) is 5.73. The van der Waals surface area contributed by atoms with Crippen LogP contribution in [-0.2, 0) is 17.8 Å². The van der Waals surface area contributed by atoms with Gasteiger partial charge in [-0.15, -0.1) is 11.3 Å². The Hall–Kier alpha value is -1.86. The highest BCUT2D eigenvalue weighted by atomic mass is 32.1. The van der Waals surface area contributed by atoms with E-state index >= 15 is 0 Å². The summed E-state index contributed by atoms with van der Waals surface area (Å²) in [5.41, 5.74) is 0.691. The van der Waals surface area contributed by atoms with Gasteiger partial charge in [-0.05, 0) is 19.1 Å². The largest absolute Gasteiger partial charge is 0.480 e. The van der Waals surface area contributed by atoms with Gasteiger partial charge in [-0.25, -0.2) is 13.8 Å². The quantitative estimate of drug-likeness (QED) is 0.943. The smallest absolute Gasteiger partial charge is 0.320 e. The zero-order valence-electron chi connectivity index (χ0n) is 11.8. The average Bonchev–Trinajstić information content (AvgIpc) is 2.88. The molecule has 1 aromatic heterocycles. The van der Waals surface area contributed by atoms with Crippen LogP contribution in [0.15, 0.2) is 18.2 Å². The molecule has 22 heavy (non-hydrogen) atoms. The Kier molecular flexibility index (Phi) is 3.92. The fraction of sp³-hybridized carbons (Fsp3) is 0.333. The predicted octanol–water partition coefficient (Wildman–Crippen LogP) is 2.92. The van der Waals surface area contributed by atoms with Gasteiger partial charge in [-0.1, -0.05) is 6.07 Å². The summed E-state index contributed by atoms with van der Waals surface area (Å²) in [6, 6.07) is 3.14. The maximum Gasteiger partial charge on any atom is 0.320 e. The molecular weight excluding hydrogens is 310 g/mol. The first-order valence-corrected chi connectivity index (χ1v) is 7.69. The standard InChI is InChI=1S/C15H14F2N2O2S/c1-8(15(20)21)19-6-5-11-12(7-19)22-14(18-11)13-9(16)3-2-4-10(13)17/h2-4,8H,5-7H2,1H3,(H,20,21). The van der Waals surface area contributed by atoms with Gasteiger partial charge in [0.2, 0.25) is 0 Å². The molecule has 0 bridgehead atoms. The van der Waals surface area contributed by atoms with Crippen LogP contribution in [0.2, 0.25) is 0 Å². The Morgan fingerprint density at radius 2 is 2.09 bits per heavy atom. The second-order valence-corrected chi connectivity index (χ2v) is 6.30. The van der Waals surface area contributed by atoms with Gasteiger partial charge in [-0.2, -0.15) is 0 Å². The maximum absolute atomic E-state index is 13.8. The number of hydrogen-bond donors (Lipinski definition) is 1. The maximum atomic E-state index is 13.8. The number of benzene rings is 1. The highest BCUT2D eigenvalue weighted by molar-refractivity contribution is 7.15. The lowest BCUT2D eigenvalue weighted by atomic mass is 10.1. The number of rotatable bonds is 3. The van der Waals surface area contributed by atoms with Crippen LogP contribution in [0, 0.1) is 11.6 Å². The van der Waals surface area contributed by atoms with Gasteiger partial charge < -0.3 is 5.11 Å². The summed E-state index contributed by atoms with van der Waals surface area (Å²) in [5.74, 6) is -2.16. The lowest BCUT2D eigenvalue weighted by molar-refractivity contribution is -0.142. The number of aliphatic carboxylic acids is 1. The summed E-state index contributed by atoms with van der Waals surface area (Å²) in [6.07, 6.45) is 0.583. The van der Waals surface area contributed by atoms with Crippen molar-refractivity contribution < 1.29 is 18.7 Å². The minimum Gasteiger partial charge on any atom is -0.480 e. The van der Waals surface area contributed by atoms with E-state index in [1.807, 2.05) is 4.90 Å². The molecule has 2 aromatic rings. The summed E-state index contributed by atoms with van der Waals surface area (Å²) >= 11 is 1.22. The zero-order chi connectivity index (χ0) is 15.9. The zero-order valence-corrected chi connectivity index (χ0v) is 12.7. The first-order chi connectivity index (χ1) is 10.5. The van der Waals surface area contributed by atoms with Gasteiger partial charge >= 0.3 is 5.97 Å². The van der Waals surface area contributed by atoms with Gasteiger partial charge in [0.05, 0.1) is 11.3 Å². The van der Waals surface area contributed by atoms with E-state index in [1.54, 1.807) is 6.92 Å². The molecule has 1 N–H and O–H groups in total. The molecule has 0 saturated heterocycles. The molecule has 4 nitrogen and oxygen atoms in total. The van der Waals surface area contributed by atoms with Crippen molar-refractivity contribution in [2.45, 2.75) is 25.9 Å². The van der Waals surface area contributed by atoms with Crippen LogP contribution in [0.1, 0.15) is 17.5 Å². The lowest BCUT2D eigenvalue weighted by Crippen LogP contribution is -2.41. The molecule has 1 aromatic carbocycles. The van der Waals surface area contributed by atoms with Crippen LogP contribution in [0.25, 0.3) is 10.6 Å². The SMILES string of the molecule is CC(C(=O)O)N1CCc2nc(-c3c(F)cccc3F)sc2C1. The van der Waals surface area contributed by atoms with Crippen molar-refractivity contribution in [1.29, 1.82) is 0 Å². The minimum atomic E-state index is -0.881. The molecule has 0 amide bonds. The first kappa shape index (κ1) is 15.1. The van der Waals surface area contributed by atoms with E-state index in [0.717, 1.165) is 10.6 Å². The summed E-state index contributed by atoms with van der Waals surface area (Å²) in [6.45, 7) is 2.64. The van der Waals surface area contributed by atoms with Gasteiger partial charge in [0.15, 0.2) is 0 Å². The third-order valence-electron chi connectivity index (χ3n) is 3.84. The van der Waals surface area contributed by atoms with Crippen LogP contribution < -0.4 is 0 Å². The molecule has 1 aliphatic rings.